The van der Waals surface area contributed by atoms with Gasteiger partial charge in [-0.25, -0.2) is 9.18 Å². The lowest BCUT2D eigenvalue weighted by Crippen LogP contribution is -2.29. The Morgan fingerprint density at radius 3 is 2.53 bits per heavy atom. The van der Waals surface area contributed by atoms with Gasteiger partial charge < -0.3 is 10.0 Å². The van der Waals surface area contributed by atoms with Crippen LogP contribution in [-0.4, -0.2) is 30.7 Å². The molecule has 15 heavy (non-hydrogen) atoms. The molecule has 0 fully saturated rings. The van der Waals surface area contributed by atoms with Crippen LogP contribution in [0.25, 0.3) is 0 Å². The van der Waals surface area contributed by atoms with Gasteiger partial charge in [-0.15, -0.1) is 0 Å². The maximum atomic E-state index is 12.1. The number of rotatable bonds is 3. The monoisotopic (exact) mass is 211 g/mol. The Morgan fingerprint density at radius 1 is 1.40 bits per heavy atom. The van der Waals surface area contributed by atoms with Gasteiger partial charge in [-0.3, -0.25) is 4.79 Å². The molecule has 1 rings (SSSR count). The predicted octanol–water partition coefficient (Wildman–Crippen LogP) is 1.32. The van der Waals surface area contributed by atoms with Crippen LogP contribution in [-0.2, 0) is 4.79 Å². The van der Waals surface area contributed by atoms with Crippen molar-refractivity contribution in [2.75, 3.05) is 18.6 Å². The molecule has 0 heterocycles. The standard InChI is InChI=1S/C10H10FNO3/c1-12(9(13)6-11)8-5-3-2-4-7(8)10(14)15/h2-5H,6H2,1H3,(H,14,15). The molecule has 5 heteroatoms. The Hall–Kier alpha value is -1.91. The lowest BCUT2D eigenvalue weighted by molar-refractivity contribution is -0.119. The second kappa shape index (κ2) is 4.54. The number of carbonyl (C=O) groups excluding carboxylic acids is 1. The van der Waals surface area contributed by atoms with Gasteiger partial charge in [0.25, 0.3) is 5.91 Å². The molecule has 0 unspecified atom stereocenters. The van der Waals surface area contributed by atoms with Crippen LogP contribution in [0.3, 0.4) is 0 Å². The van der Waals surface area contributed by atoms with E-state index in [-0.39, 0.29) is 11.3 Å². The number of amides is 1. The SMILES string of the molecule is CN(C(=O)CF)c1ccccc1C(=O)O. The molecular formula is C10H10FNO3. The molecule has 0 saturated heterocycles. The Kier molecular flexibility index (Phi) is 3.38. The zero-order chi connectivity index (χ0) is 11.4. The van der Waals surface area contributed by atoms with E-state index in [0.29, 0.717) is 0 Å². The van der Waals surface area contributed by atoms with Crippen molar-refractivity contribution in [2.24, 2.45) is 0 Å². The molecule has 0 radical (unpaired) electrons. The molecule has 80 valence electrons. The molecule has 1 N–H and O–H groups in total. The summed E-state index contributed by atoms with van der Waals surface area (Å²) in [4.78, 5) is 22.8. The van der Waals surface area contributed by atoms with Gasteiger partial charge in [0.2, 0.25) is 0 Å². The lowest BCUT2D eigenvalue weighted by atomic mass is 10.1. The van der Waals surface area contributed by atoms with Crippen molar-refractivity contribution in [1.29, 1.82) is 0 Å². The molecule has 1 aromatic rings. The number of anilines is 1. The van der Waals surface area contributed by atoms with E-state index in [1.54, 1.807) is 12.1 Å². The van der Waals surface area contributed by atoms with Crippen LogP contribution < -0.4 is 4.90 Å². The Morgan fingerprint density at radius 2 is 2.00 bits per heavy atom. The van der Waals surface area contributed by atoms with E-state index in [2.05, 4.69) is 0 Å². The summed E-state index contributed by atoms with van der Waals surface area (Å²) < 4.78 is 12.1. The smallest absolute Gasteiger partial charge is 0.337 e. The van der Waals surface area contributed by atoms with Gasteiger partial charge in [0.05, 0.1) is 11.3 Å². The van der Waals surface area contributed by atoms with E-state index in [1.807, 2.05) is 0 Å². The van der Waals surface area contributed by atoms with Gasteiger partial charge in [-0.1, -0.05) is 12.1 Å². The zero-order valence-corrected chi connectivity index (χ0v) is 8.11. The predicted molar refractivity (Wildman–Crippen MR) is 52.8 cm³/mol. The average Bonchev–Trinajstić information content (AvgIpc) is 2.27. The van der Waals surface area contributed by atoms with Gasteiger partial charge in [0, 0.05) is 7.05 Å². The zero-order valence-electron chi connectivity index (χ0n) is 8.11. The number of para-hydroxylation sites is 1. The summed E-state index contributed by atoms with van der Waals surface area (Å²) >= 11 is 0. The summed E-state index contributed by atoms with van der Waals surface area (Å²) in [7, 11) is 1.34. The number of nitrogens with zero attached hydrogens (tertiary/aromatic N) is 1. The van der Waals surface area contributed by atoms with Crippen molar-refractivity contribution in [3.05, 3.63) is 29.8 Å². The van der Waals surface area contributed by atoms with E-state index in [1.165, 1.54) is 19.2 Å². The molecule has 0 aliphatic rings. The number of alkyl halides is 1. The molecule has 0 bridgehead atoms. The first-order valence-electron chi connectivity index (χ1n) is 4.22. The van der Waals surface area contributed by atoms with E-state index < -0.39 is 18.6 Å². The molecule has 0 saturated carbocycles. The number of aromatic carboxylic acids is 1. The van der Waals surface area contributed by atoms with Crippen molar-refractivity contribution >= 4 is 17.6 Å². The summed E-state index contributed by atoms with van der Waals surface area (Å²) in [6.07, 6.45) is 0. The molecule has 1 amide bonds. The maximum Gasteiger partial charge on any atom is 0.337 e. The van der Waals surface area contributed by atoms with Crippen LogP contribution in [0.4, 0.5) is 10.1 Å². The van der Waals surface area contributed by atoms with E-state index >= 15 is 0 Å². The molecule has 0 spiro atoms. The third kappa shape index (κ3) is 2.31. The van der Waals surface area contributed by atoms with Crippen LogP contribution in [0.5, 0.6) is 0 Å². The second-order valence-corrected chi connectivity index (χ2v) is 2.91. The highest BCUT2D eigenvalue weighted by molar-refractivity contribution is 6.01. The summed E-state index contributed by atoms with van der Waals surface area (Å²) in [6, 6.07) is 5.95. The normalized spacial score (nSPS) is 9.73. The fraction of sp³-hybridized carbons (Fsp3) is 0.200. The molecular weight excluding hydrogens is 201 g/mol. The molecule has 0 atom stereocenters. The quantitative estimate of drug-likeness (QED) is 0.820. The van der Waals surface area contributed by atoms with E-state index in [9.17, 15) is 14.0 Å². The molecule has 0 aliphatic heterocycles. The largest absolute Gasteiger partial charge is 0.478 e. The van der Waals surface area contributed by atoms with Crippen molar-refractivity contribution in [2.45, 2.75) is 0 Å². The van der Waals surface area contributed by atoms with Crippen molar-refractivity contribution < 1.29 is 19.1 Å². The van der Waals surface area contributed by atoms with Gasteiger partial charge in [0.15, 0.2) is 6.67 Å². The molecule has 0 aromatic heterocycles. The first kappa shape index (κ1) is 11.2. The molecule has 1 aromatic carbocycles. The fourth-order valence-electron chi connectivity index (χ4n) is 1.17. The molecule has 4 nitrogen and oxygen atoms in total. The second-order valence-electron chi connectivity index (χ2n) is 2.91. The molecule has 0 aliphatic carbocycles. The van der Waals surface area contributed by atoms with Crippen LogP contribution in [0.15, 0.2) is 24.3 Å². The van der Waals surface area contributed by atoms with Crippen LogP contribution in [0.1, 0.15) is 10.4 Å². The number of hydrogen-bond acceptors (Lipinski definition) is 2. The van der Waals surface area contributed by atoms with Crippen LogP contribution in [0.2, 0.25) is 0 Å². The summed E-state index contributed by atoms with van der Waals surface area (Å²) in [5.74, 6) is -1.92. The van der Waals surface area contributed by atoms with E-state index in [0.717, 1.165) is 4.90 Å². The Balaban J connectivity index is 3.13. The summed E-state index contributed by atoms with van der Waals surface area (Å²) in [6.45, 7) is -1.15. The van der Waals surface area contributed by atoms with Gasteiger partial charge in [-0.2, -0.15) is 0 Å². The fourth-order valence-corrected chi connectivity index (χ4v) is 1.17. The average molecular weight is 211 g/mol. The first-order valence-corrected chi connectivity index (χ1v) is 4.22. The minimum absolute atomic E-state index is 0.0261. The van der Waals surface area contributed by atoms with Crippen molar-refractivity contribution in [3.63, 3.8) is 0 Å². The highest BCUT2D eigenvalue weighted by atomic mass is 19.1. The number of hydrogen-bond donors (Lipinski definition) is 1. The highest BCUT2D eigenvalue weighted by Crippen LogP contribution is 2.19. The minimum atomic E-state index is -1.15. The first-order chi connectivity index (χ1) is 7.07. The Labute approximate surface area is 85.9 Å². The van der Waals surface area contributed by atoms with E-state index in [4.69, 9.17) is 5.11 Å². The lowest BCUT2D eigenvalue weighted by Gasteiger charge is -2.17. The maximum absolute atomic E-state index is 12.1. The Bertz CT molecular complexity index is 392. The third-order valence-electron chi connectivity index (χ3n) is 1.98. The van der Waals surface area contributed by atoms with Crippen LogP contribution in [0, 0.1) is 0 Å². The number of benzene rings is 1. The third-order valence-corrected chi connectivity index (χ3v) is 1.98. The number of halogens is 1. The summed E-state index contributed by atoms with van der Waals surface area (Å²) in [5.41, 5.74) is 0.162. The van der Waals surface area contributed by atoms with Crippen molar-refractivity contribution in [3.8, 4) is 0 Å². The van der Waals surface area contributed by atoms with Gasteiger partial charge in [0.1, 0.15) is 0 Å². The van der Waals surface area contributed by atoms with Crippen LogP contribution >= 0.6 is 0 Å². The number of carbonyl (C=O) groups is 2. The number of carboxylic acids is 1. The number of carboxylic acid groups (broad SMARTS) is 1. The van der Waals surface area contributed by atoms with Gasteiger partial charge >= 0.3 is 5.97 Å². The van der Waals surface area contributed by atoms with Gasteiger partial charge in [-0.05, 0) is 12.1 Å². The topological polar surface area (TPSA) is 57.6 Å². The van der Waals surface area contributed by atoms with Crippen molar-refractivity contribution in [1.82, 2.24) is 0 Å². The minimum Gasteiger partial charge on any atom is -0.478 e. The summed E-state index contributed by atoms with van der Waals surface area (Å²) in [5, 5.41) is 8.84. The highest BCUT2D eigenvalue weighted by Gasteiger charge is 2.16.